The molecule has 1 saturated heterocycles. The van der Waals surface area contributed by atoms with Crippen LogP contribution in [0.2, 0.25) is 0 Å². The molecule has 1 fully saturated rings. The van der Waals surface area contributed by atoms with E-state index in [9.17, 15) is 13.2 Å². The van der Waals surface area contributed by atoms with Gasteiger partial charge < -0.3 is 4.90 Å². The average Bonchev–Trinajstić information content (AvgIpc) is 2.68. The Morgan fingerprint density at radius 2 is 1.70 bits per heavy atom. The number of rotatable bonds is 5. The molecule has 142 valence electrons. The van der Waals surface area contributed by atoms with E-state index in [4.69, 9.17) is 5.14 Å². The zero-order chi connectivity index (χ0) is 19.3. The summed E-state index contributed by atoms with van der Waals surface area (Å²) in [6.45, 7) is 3.60. The van der Waals surface area contributed by atoms with Gasteiger partial charge in [0.05, 0.1) is 4.90 Å². The molecule has 1 aliphatic heterocycles. The summed E-state index contributed by atoms with van der Waals surface area (Å²) >= 11 is 0. The number of nitrogens with two attached hydrogens (primary N) is 1. The van der Waals surface area contributed by atoms with Gasteiger partial charge in [0.1, 0.15) is 0 Å². The first-order valence-electron chi connectivity index (χ1n) is 8.79. The molecule has 0 aliphatic carbocycles. The van der Waals surface area contributed by atoms with Crippen molar-refractivity contribution < 1.29 is 13.2 Å². The molecule has 27 heavy (non-hydrogen) atoms. The first kappa shape index (κ1) is 19.3. The molecule has 0 saturated carbocycles. The van der Waals surface area contributed by atoms with E-state index in [0.717, 1.165) is 19.6 Å². The second-order valence-electron chi connectivity index (χ2n) is 6.48. The topological polar surface area (TPSA) is 83.7 Å². The van der Waals surface area contributed by atoms with Gasteiger partial charge in [0.25, 0.3) is 5.91 Å². The van der Waals surface area contributed by atoms with Crippen LogP contribution in [0, 0.1) is 0 Å². The number of nitrogens with zero attached hydrogens (tertiary/aromatic N) is 2. The van der Waals surface area contributed by atoms with Gasteiger partial charge >= 0.3 is 0 Å². The molecular formula is C20H23N3O3S. The molecule has 2 aromatic carbocycles. The highest BCUT2D eigenvalue weighted by atomic mass is 32.2. The zero-order valence-electron chi connectivity index (χ0n) is 15.0. The van der Waals surface area contributed by atoms with Gasteiger partial charge in [-0.1, -0.05) is 48.6 Å². The fraction of sp³-hybridized carbons (Fsp3) is 0.250. The van der Waals surface area contributed by atoms with E-state index in [-0.39, 0.29) is 10.8 Å². The lowest BCUT2D eigenvalue weighted by molar-refractivity contribution is 0.0650. The summed E-state index contributed by atoms with van der Waals surface area (Å²) in [7, 11) is -3.82. The number of amides is 1. The van der Waals surface area contributed by atoms with E-state index in [2.05, 4.69) is 29.2 Å². The normalized spacial score (nSPS) is 16.0. The Labute approximate surface area is 159 Å². The number of benzene rings is 2. The highest BCUT2D eigenvalue weighted by Crippen LogP contribution is 2.14. The molecule has 2 N–H and O–H groups in total. The minimum atomic E-state index is -3.82. The summed E-state index contributed by atoms with van der Waals surface area (Å²) < 4.78 is 22.9. The van der Waals surface area contributed by atoms with Crippen LogP contribution in [-0.2, 0) is 10.0 Å². The molecule has 0 unspecified atom stereocenters. The molecule has 3 rings (SSSR count). The molecule has 1 amide bonds. The first-order valence-corrected chi connectivity index (χ1v) is 10.3. The van der Waals surface area contributed by atoms with Crippen LogP contribution in [0.1, 0.15) is 15.9 Å². The van der Waals surface area contributed by atoms with Gasteiger partial charge in [-0.2, -0.15) is 0 Å². The van der Waals surface area contributed by atoms with Gasteiger partial charge in [0, 0.05) is 38.3 Å². The Kier molecular flexibility index (Phi) is 6.05. The maximum atomic E-state index is 12.6. The van der Waals surface area contributed by atoms with Crippen LogP contribution in [0.15, 0.2) is 65.6 Å². The van der Waals surface area contributed by atoms with Crippen LogP contribution in [0.25, 0.3) is 6.08 Å². The maximum absolute atomic E-state index is 12.6. The minimum absolute atomic E-state index is 0.0435. The maximum Gasteiger partial charge on any atom is 0.253 e. The van der Waals surface area contributed by atoms with Gasteiger partial charge in [-0.05, 0) is 23.8 Å². The summed E-state index contributed by atoms with van der Waals surface area (Å²) in [5.41, 5.74) is 1.51. The Hall–Kier alpha value is -2.48. The standard InChI is InChI=1S/C20H23N3O3S/c21-27(25,26)19-10-4-9-18(16-19)20(24)23-14-12-22(13-15-23)11-5-8-17-6-2-1-3-7-17/h1-10,16H,11-15H2,(H2,21,25,26)/b8-5+. The molecule has 0 aromatic heterocycles. The summed E-state index contributed by atoms with van der Waals surface area (Å²) in [6, 6.07) is 16.0. The number of hydrogen-bond donors (Lipinski definition) is 1. The zero-order valence-corrected chi connectivity index (χ0v) is 15.8. The Bertz CT molecular complexity index is 918. The smallest absolute Gasteiger partial charge is 0.253 e. The third-order valence-corrected chi connectivity index (χ3v) is 5.45. The van der Waals surface area contributed by atoms with Crippen molar-refractivity contribution in [1.82, 2.24) is 9.80 Å². The number of carbonyl (C=O) groups is 1. The van der Waals surface area contributed by atoms with Gasteiger partial charge in [0.15, 0.2) is 0 Å². The molecule has 0 radical (unpaired) electrons. The van der Waals surface area contributed by atoms with Crippen LogP contribution < -0.4 is 5.14 Å². The van der Waals surface area contributed by atoms with Gasteiger partial charge in [-0.25, -0.2) is 13.6 Å². The Morgan fingerprint density at radius 1 is 1.00 bits per heavy atom. The molecule has 1 aliphatic rings. The molecule has 6 nitrogen and oxygen atoms in total. The number of hydrogen-bond acceptors (Lipinski definition) is 4. The molecule has 2 aromatic rings. The second kappa shape index (κ2) is 8.47. The average molecular weight is 385 g/mol. The molecule has 0 atom stereocenters. The van der Waals surface area contributed by atoms with E-state index in [1.54, 1.807) is 11.0 Å². The van der Waals surface area contributed by atoms with E-state index in [0.29, 0.717) is 18.7 Å². The van der Waals surface area contributed by atoms with Gasteiger partial charge in [-0.3, -0.25) is 9.69 Å². The summed E-state index contributed by atoms with van der Waals surface area (Å²) in [6.07, 6.45) is 4.22. The van der Waals surface area contributed by atoms with Crippen molar-refractivity contribution in [3.05, 3.63) is 71.8 Å². The Morgan fingerprint density at radius 3 is 2.37 bits per heavy atom. The molecule has 1 heterocycles. The predicted octanol–water partition coefficient (Wildman–Crippen LogP) is 1.81. The quantitative estimate of drug-likeness (QED) is 0.851. The number of piperazine rings is 1. The van der Waals surface area contributed by atoms with Crippen molar-refractivity contribution in [3.8, 4) is 0 Å². The number of sulfonamides is 1. The molecule has 0 bridgehead atoms. The van der Waals surface area contributed by atoms with Crippen LogP contribution in [0.3, 0.4) is 0 Å². The summed E-state index contributed by atoms with van der Waals surface area (Å²) in [5, 5.41) is 5.15. The predicted molar refractivity (Wildman–Crippen MR) is 106 cm³/mol. The van der Waals surface area contributed by atoms with Crippen molar-refractivity contribution in [2.45, 2.75) is 4.90 Å². The lowest BCUT2D eigenvalue weighted by Crippen LogP contribution is -2.48. The van der Waals surface area contributed by atoms with E-state index in [1.165, 1.54) is 23.8 Å². The lowest BCUT2D eigenvalue weighted by atomic mass is 10.1. The van der Waals surface area contributed by atoms with E-state index >= 15 is 0 Å². The van der Waals surface area contributed by atoms with E-state index < -0.39 is 10.0 Å². The fourth-order valence-corrected chi connectivity index (χ4v) is 3.58. The Balaban J connectivity index is 1.54. The van der Waals surface area contributed by atoms with Crippen molar-refractivity contribution in [2.75, 3.05) is 32.7 Å². The van der Waals surface area contributed by atoms with Crippen molar-refractivity contribution in [3.63, 3.8) is 0 Å². The molecular weight excluding hydrogens is 362 g/mol. The van der Waals surface area contributed by atoms with Crippen molar-refractivity contribution in [2.24, 2.45) is 5.14 Å². The van der Waals surface area contributed by atoms with Gasteiger partial charge in [0.2, 0.25) is 10.0 Å². The van der Waals surface area contributed by atoms with Crippen LogP contribution in [-0.4, -0.2) is 56.8 Å². The van der Waals surface area contributed by atoms with Crippen molar-refractivity contribution >= 4 is 22.0 Å². The molecule has 7 heteroatoms. The number of primary sulfonamides is 1. The first-order chi connectivity index (χ1) is 12.9. The van der Waals surface area contributed by atoms with Gasteiger partial charge in [-0.15, -0.1) is 0 Å². The second-order valence-corrected chi connectivity index (χ2v) is 8.04. The lowest BCUT2D eigenvalue weighted by Gasteiger charge is -2.34. The molecule has 0 spiro atoms. The minimum Gasteiger partial charge on any atom is -0.336 e. The monoisotopic (exact) mass is 385 g/mol. The summed E-state index contributed by atoms with van der Waals surface area (Å²) in [5.74, 6) is -0.167. The fourth-order valence-electron chi connectivity index (χ4n) is 3.02. The largest absolute Gasteiger partial charge is 0.336 e. The van der Waals surface area contributed by atoms with Crippen LogP contribution >= 0.6 is 0 Å². The SMILES string of the molecule is NS(=O)(=O)c1cccc(C(=O)N2CCN(C/C=C/c3ccccc3)CC2)c1. The van der Waals surface area contributed by atoms with Crippen molar-refractivity contribution in [1.29, 1.82) is 0 Å². The summed E-state index contributed by atoms with van der Waals surface area (Å²) in [4.78, 5) is 16.6. The third kappa shape index (κ3) is 5.26. The third-order valence-electron chi connectivity index (χ3n) is 4.54. The highest BCUT2D eigenvalue weighted by Gasteiger charge is 2.22. The van der Waals surface area contributed by atoms with E-state index in [1.807, 2.05) is 18.2 Å². The number of carbonyl (C=O) groups excluding carboxylic acids is 1. The van der Waals surface area contributed by atoms with Crippen LogP contribution in [0.4, 0.5) is 0 Å². The highest BCUT2D eigenvalue weighted by molar-refractivity contribution is 7.89. The van der Waals surface area contributed by atoms with Crippen LogP contribution in [0.5, 0.6) is 0 Å².